The molecule has 2 unspecified atom stereocenters. The fourth-order valence-electron chi connectivity index (χ4n) is 2.93. The number of rotatable bonds is 4. The molecule has 2 atom stereocenters. The van der Waals surface area contributed by atoms with Crippen LogP contribution in [0.25, 0.3) is 0 Å². The standard InChI is InChI=1S/C10H20N2O3S/c11-4-1-5-16(14,15)12-8-2-3-9(12)7-10(13)6-8/h8-10,13H,1-7,11H2. The predicted octanol–water partition coefficient (Wildman–Crippen LogP) is -0.347. The van der Waals surface area contributed by atoms with Crippen molar-refractivity contribution in [3.8, 4) is 0 Å². The molecule has 5 nitrogen and oxygen atoms in total. The number of nitrogens with two attached hydrogens (primary N) is 1. The van der Waals surface area contributed by atoms with E-state index in [9.17, 15) is 13.5 Å². The summed E-state index contributed by atoms with van der Waals surface area (Å²) in [5.74, 6) is 0.145. The summed E-state index contributed by atoms with van der Waals surface area (Å²) in [6.45, 7) is 0.408. The fourth-order valence-corrected chi connectivity index (χ4v) is 4.96. The van der Waals surface area contributed by atoms with Crippen molar-refractivity contribution in [2.24, 2.45) is 5.73 Å². The zero-order chi connectivity index (χ0) is 11.8. The average Bonchev–Trinajstić information content (AvgIpc) is 2.50. The van der Waals surface area contributed by atoms with Crippen molar-refractivity contribution in [2.75, 3.05) is 12.3 Å². The number of nitrogens with zero attached hydrogens (tertiary/aromatic N) is 1. The molecule has 0 aromatic heterocycles. The quantitative estimate of drug-likeness (QED) is 0.712. The minimum absolute atomic E-state index is 0.0246. The van der Waals surface area contributed by atoms with E-state index in [1.807, 2.05) is 0 Å². The Hall–Kier alpha value is -0.170. The average molecular weight is 248 g/mol. The summed E-state index contributed by atoms with van der Waals surface area (Å²) >= 11 is 0. The van der Waals surface area contributed by atoms with E-state index in [2.05, 4.69) is 0 Å². The van der Waals surface area contributed by atoms with Crippen molar-refractivity contribution in [3.05, 3.63) is 0 Å². The number of aliphatic hydroxyl groups excluding tert-OH is 1. The molecule has 2 aliphatic heterocycles. The summed E-state index contributed by atoms with van der Waals surface area (Å²) in [5, 5.41) is 9.61. The summed E-state index contributed by atoms with van der Waals surface area (Å²) in [7, 11) is -3.16. The van der Waals surface area contributed by atoms with Crippen molar-refractivity contribution in [3.63, 3.8) is 0 Å². The second-order valence-corrected chi connectivity index (χ2v) is 6.79. The summed E-state index contributed by atoms with van der Waals surface area (Å²) in [6, 6.07) is 0.0491. The molecule has 2 bridgehead atoms. The van der Waals surface area contributed by atoms with E-state index in [-0.39, 0.29) is 23.9 Å². The first-order valence-electron chi connectivity index (χ1n) is 5.94. The van der Waals surface area contributed by atoms with Crippen LogP contribution in [0.1, 0.15) is 32.1 Å². The van der Waals surface area contributed by atoms with Crippen LogP contribution in [-0.4, -0.2) is 48.3 Å². The SMILES string of the molecule is NCCCS(=O)(=O)N1C2CCC1CC(O)C2. The molecule has 2 heterocycles. The lowest BCUT2D eigenvalue weighted by Crippen LogP contribution is -2.48. The topological polar surface area (TPSA) is 83.6 Å². The van der Waals surface area contributed by atoms with Gasteiger partial charge in [0.1, 0.15) is 0 Å². The summed E-state index contributed by atoms with van der Waals surface area (Å²) in [5.41, 5.74) is 5.35. The molecule has 0 aromatic carbocycles. The van der Waals surface area contributed by atoms with Crippen LogP contribution in [-0.2, 0) is 10.0 Å². The molecule has 0 aliphatic carbocycles. The number of aliphatic hydroxyl groups is 1. The highest BCUT2D eigenvalue weighted by Gasteiger charge is 2.45. The first-order chi connectivity index (χ1) is 7.54. The highest BCUT2D eigenvalue weighted by molar-refractivity contribution is 7.89. The molecule has 0 spiro atoms. The third-order valence-corrected chi connectivity index (χ3v) is 5.61. The minimum atomic E-state index is -3.16. The van der Waals surface area contributed by atoms with E-state index in [0.717, 1.165) is 12.8 Å². The Bertz CT molecular complexity index is 330. The van der Waals surface area contributed by atoms with Crippen LogP contribution in [0.15, 0.2) is 0 Å². The van der Waals surface area contributed by atoms with Gasteiger partial charge in [0, 0.05) is 12.1 Å². The number of hydrogen-bond donors (Lipinski definition) is 2. The smallest absolute Gasteiger partial charge is 0.214 e. The highest BCUT2D eigenvalue weighted by Crippen LogP contribution is 2.37. The van der Waals surface area contributed by atoms with E-state index in [1.54, 1.807) is 4.31 Å². The van der Waals surface area contributed by atoms with Crippen LogP contribution in [0.5, 0.6) is 0 Å². The molecule has 2 rings (SSSR count). The lowest BCUT2D eigenvalue weighted by Gasteiger charge is -2.36. The Morgan fingerprint density at radius 1 is 1.25 bits per heavy atom. The second-order valence-electron chi connectivity index (χ2n) is 4.80. The van der Waals surface area contributed by atoms with Crippen LogP contribution in [0.3, 0.4) is 0 Å². The molecule has 0 saturated carbocycles. The highest BCUT2D eigenvalue weighted by atomic mass is 32.2. The zero-order valence-corrected chi connectivity index (χ0v) is 10.2. The molecule has 16 heavy (non-hydrogen) atoms. The maximum absolute atomic E-state index is 12.1. The van der Waals surface area contributed by atoms with Crippen LogP contribution in [0, 0.1) is 0 Å². The maximum atomic E-state index is 12.1. The van der Waals surface area contributed by atoms with Crippen LogP contribution < -0.4 is 5.73 Å². The molecule has 94 valence electrons. The largest absolute Gasteiger partial charge is 0.393 e. The first kappa shape index (κ1) is 12.3. The van der Waals surface area contributed by atoms with Crippen LogP contribution in [0.2, 0.25) is 0 Å². The van der Waals surface area contributed by atoms with E-state index in [0.29, 0.717) is 25.8 Å². The Morgan fingerprint density at radius 3 is 2.31 bits per heavy atom. The van der Waals surface area contributed by atoms with Gasteiger partial charge in [-0.3, -0.25) is 0 Å². The molecule has 0 amide bonds. The molecule has 2 aliphatic rings. The van der Waals surface area contributed by atoms with E-state index >= 15 is 0 Å². The van der Waals surface area contributed by atoms with Gasteiger partial charge < -0.3 is 10.8 Å². The minimum Gasteiger partial charge on any atom is -0.393 e. The third-order valence-electron chi connectivity index (χ3n) is 3.57. The molecular formula is C10H20N2O3S. The lowest BCUT2D eigenvalue weighted by molar-refractivity contribution is 0.0769. The monoisotopic (exact) mass is 248 g/mol. The summed E-state index contributed by atoms with van der Waals surface area (Å²) in [6.07, 6.45) is 3.17. The van der Waals surface area contributed by atoms with Gasteiger partial charge in [-0.2, -0.15) is 4.31 Å². The normalized spacial score (nSPS) is 35.5. The van der Waals surface area contributed by atoms with Gasteiger partial charge in [0.2, 0.25) is 10.0 Å². The van der Waals surface area contributed by atoms with Crippen molar-refractivity contribution in [1.82, 2.24) is 4.31 Å². The van der Waals surface area contributed by atoms with Gasteiger partial charge in [0.25, 0.3) is 0 Å². The van der Waals surface area contributed by atoms with E-state index in [1.165, 1.54) is 0 Å². The Balaban J connectivity index is 2.10. The first-order valence-corrected chi connectivity index (χ1v) is 7.55. The summed E-state index contributed by atoms with van der Waals surface area (Å²) in [4.78, 5) is 0. The molecule has 0 radical (unpaired) electrons. The van der Waals surface area contributed by atoms with Gasteiger partial charge in [0.05, 0.1) is 11.9 Å². The van der Waals surface area contributed by atoms with Crippen molar-refractivity contribution in [2.45, 2.75) is 50.3 Å². The van der Waals surface area contributed by atoms with Crippen LogP contribution >= 0.6 is 0 Å². The Labute approximate surface area is 96.7 Å². The Morgan fingerprint density at radius 2 is 1.81 bits per heavy atom. The molecule has 3 N–H and O–H groups in total. The number of piperidine rings is 1. The number of sulfonamides is 1. The van der Waals surface area contributed by atoms with Crippen molar-refractivity contribution < 1.29 is 13.5 Å². The van der Waals surface area contributed by atoms with Gasteiger partial charge in [-0.15, -0.1) is 0 Å². The maximum Gasteiger partial charge on any atom is 0.214 e. The predicted molar refractivity (Wildman–Crippen MR) is 61.3 cm³/mol. The zero-order valence-electron chi connectivity index (χ0n) is 9.38. The molecule has 2 fully saturated rings. The van der Waals surface area contributed by atoms with E-state index < -0.39 is 10.0 Å². The van der Waals surface area contributed by atoms with Gasteiger partial charge in [-0.1, -0.05) is 0 Å². The van der Waals surface area contributed by atoms with Gasteiger partial charge in [-0.05, 0) is 38.6 Å². The molecule has 2 saturated heterocycles. The second kappa shape index (κ2) is 4.60. The summed E-state index contributed by atoms with van der Waals surface area (Å²) < 4.78 is 25.8. The number of fused-ring (bicyclic) bond motifs is 2. The van der Waals surface area contributed by atoms with Gasteiger partial charge in [0.15, 0.2) is 0 Å². The molecular weight excluding hydrogens is 228 g/mol. The Kier molecular flexibility index (Phi) is 3.53. The molecule has 6 heteroatoms. The molecule has 0 aromatic rings. The van der Waals surface area contributed by atoms with E-state index in [4.69, 9.17) is 5.73 Å². The van der Waals surface area contributed by atoms with Gasteiger partial charge >= 0.3 is 0 Å². The van der Waals surface area contributed by atoms with Crippen LogP contribution in [0.4, 0.5) is 0 Å². The number of hydrogen-bond acceptors (Lipinski definition) is 4. The van der Waals surface area contributed by atoms with Crippen molar-refractivity contribution in [1.29, 1.82) is 0 Å². The fraction of sp³-hybridized carbons (Fsp3) is 1.00. The van der Waals surface area contributed by atoms with Crippen molar-refractivity contribution >= 4 is 10.0 Å². The van der Waals surface area contributed by atoms with Gasteiger partial charge in [-0.25, -0.2) is 8.42 Å². The lowest BCUT2D eigenvalue weighted by atomic mass is 10.0. The third kappa shape index (κ3) is 2.25.